The van der Waals surface area contributed by atoms with E-state index in [9.17, 15) is 4.39 Å². The van der Waals surface area contributed by atoms with Crippen molar-refractivity contribution in [1.82, 2.24) is 20.0 Å². The Labute approximate surface area is 174 Å². The molecule has 0 N–H and O–H groups in total. The topological polar surface area (TPSA) is 66.0 Å². The summed E-state index contributed by atoms with van der Waals surface area (Å²) in [6.45, 7) is 1.19. The molecule has 0 saturated heterocycles. The Kier molecular flexibility index (Phi) is 6.49. The second kappa shape index (κ2) is 9.82. The standard InChI is InChI=1S/C23H23FN4O2/c24-20-9-6-18(7-10-20)8-11-23-26-21(17-30-23)16-29-22-5-1-3-19(15-22)4-2-13-28-14-12-25-27-28/h1,3,5-7,9-10,12,14-15,17H,2,4,8,11,13,16H2. The van der Waals surface area contributed by atoms with Crippen LogP contribution in [-0.4, -0.2) is 20.0 Å². The van der Waals surface area contributed by atoms with Crippen LogP contribution in [0.15, 0.2) is 71.6 Å². The number of nitrogens with zero attached hydrogens (tertiary/aromatic N) is 4. The van der Waals surface area contributed by atoms with Gasteiger partial charge >= 0.3 is 0 Å². The molecule has 0 bridgehead atoms. The first-order valence-corrected chi connectivity index (χ1v) is 9.98. The number of hydrogen-bond acceptors (Lipinski definition) is 5. The van der Waals surface area contributed by atoms with Gasteiger partial charge in [0.25, 0.3) is 0 Å². The summed E-state index contributed by atoms with van der Waals surface area (Å²) in [7, 11) is 0. The smallest absolute Gasteiger partial charge is 0.194 e. The number of ether oxygens (including phenoxy) is 1. The summed E-state index contributed by atoms with van der Waals surface area (Å²) in [5.41, 5.74) is 3.02. The predicted molar refractivity (Wildman–Crippen MR) is 109 cm³/mol. The summed E-state index contributed by atoms with van der Waals surface area (Å²) < 4.78 is 26.2. The first-order valence-electron chi connectivity index (χ1n) is 9.98. The predicted octanol–water partition coefficient (Wildman–Crippen LogP) is 4.40. The van der Waals surface area contributed by atoms with Gasteiger partial charge in [0.05, 0.1) is 6.20 Å². The van der Waals surface area contributed by atoms with Gasteiger partial charge in [0.2, 0.25) is 0 Å². The highest BCUT2D eigenvalue weighted by atomic mass is 19.1. The molecule has 2 aromatic carbocycles. The van der Waals surface area contributed by atoms with Crippen molar-refractivity contribution in [2.24, 2.45) is 0 Å². The molecule has 6 nitrogen and oxygen atoms in total. The minimum Gasteiger partial charge on any atom is -0.487 e. The molecule has 4 aromatic rings. The molecule has 0 amide bonds. The van der Waals surface area contributed by atoms with Crippen LogP contribution in [0.3, 0.4) is 0 Å². The Morgan fingerprint density at radius 3 is 2.73 bits per heavy atom. The number of oxazole rings is 1. The number of halogens is 1. The van der Waals surface area contributed by atoms with Crippen molar-refractivity contribution in [2.75, 3.05) is 0 Å². The molecule has 0 atom stereocenters. The molecule has 0 aliphatic rings. The van der Waals surface area contributed by atoms with Crippen LogP contribution >= 0.6 is 0 Å². The molecule has 4 rings (SSSR count). The highest BCUT2D eigenvalue weighted by Crippen LogP contribution is 2.17. The first-order chi connectivity index (χ1) is 14.7. The fourth-order valence-corrected chi connectivity index (χ4v) is 3.18. The molecule has 0 fully saturated rings. The third-order valence-electron chi connectivity index (χ3n) is 4.75. The van der Waals surface area contributed by atoms with Gasteiger partial charge in [-0.05, 0) is 54.7 Å². The van der Waals surface area contributed by atoms with Gasteiger partial charge in [-0.2, -0.15) is 0 Å². The highest BCUT2D eigenvalue weighted by Gasteiger charge is 2.06. The van der Waals surface area contributed by atoms with Gasteiger partial charge in [0.15, 0.2) is 5.89 Å². The van der Waals surface area contributed by atoms with Gasteiger partial charge in [-0.25, -0.2) is 9.37 Å². The van der Waals surface area contributed by atoms with E-state index in [-0.39, 0.29) is 5.82 Å². The summed E-state index contributed by atoms with van der Waals surface area (Å²) in [6, 6.07) is 14.6. The fourth-order valence-electron chi connectivity index (χ4n) is 3.18. The minimum absolute atomic E-state index is 0.228. The molecule has 2 aromatic heterocycles. The third kappa shape index (κ3) is 5.76. The molecule has 7 heteroatoms. The van der Waals surface area contributed by atoms with Crippen LogP contribution < -0.4 is 4.74 Å². The Morgan fingerprint density at radius 1 is 1.00 bits per heavy atom. The maximum Gasteiger partial charge on any atom is 0.194 e. The molecule has 0 aliphatic heterocycles. The van der Waals surface area contributed by atoms with Crippen LogP contribution in [0.25, 0.3) is 0 Å². The largest absolute Gasteiger partial charge is 0.487 e. The number of aryl methyl sites for hydroxylation is 4. The summed E-state index contributed by atoms with van der Waals surface area (Å²) in [5, 5.41) is 7.79. The number of benzene rings is 2. The second-order valence-electron chi connectivity index (χ2n) is 7.06. The van der Waals surface area contributed by atoms with Crippen LogP contribution in [-0.2, 0) is 32.4 Å². The molecule has 154 valence electrons. The van der Waals surface area contributed by atoms with E-state index in [1.807, 2.05) is 23.0 Å². The molecular weight excluding hydrogens is 383 g/mol. The van der Waals surface area contributed by atoms with Crippen molar-refractivity contribution in [1.29, 1.82) is 0 Å². The number of rotatable bonds is 10. The van der Waals surface area contributed by atoms with Crippen molar-refractivity contribution in [3.05, 3.63) is 95.7 Å². The Balaban J connectivity index is 1.24. The lowest BCUT2D eigenvalue weighted by Crippen LogP contribution is -2.01. The summed E-state index contributed by atoms with van der Waals surface area (Å²) >= 11 is 0. The van der Waals surface area contributed by atoms with Gasteiger partial charge in [-0.1, -0.05) is 29.5 Å². The average molecular weight is 406 g/mol. The van der Waals surface area contributed by atoms with Crippen molar-refractivity contribution in [3.8, 4) is 5.75 Å². The van der Waals surface area contributed by atoms with E-state index in [4.69, 9.17) is 9.15 Å². The SMILES string of the molecule is Fc1ccc(CCc2nc(COc3cccc(CCCn4ccnn4)c3)co2)cc1. The molecular formula is C23H23FN4O2. The van der Waals surface area contributed by atoms with Crippen molar-refractivity contribution < 1.29 is 13.5 Å². The summed E-state index contributed by atoms with van der Waals surface area (Å²) in [4.78, 5) is 4.48. The molecule has 0 saturated carbocycles. The van der Waals surface area contributed by atoms with E-state index < -0.39 is 0 Å². The molecule has 0 unspecified atom stereocenters. The monoisotopic (exact) mass is 406 g/mol. The highest BCUT2D eigenvalue weighted by molar-refractivity contribution is 5.28. The lowest BCUT2D eigenvalue weighted by molar-refractivity contribution is 0.300. The van der Waals surface area contributed by atoms with Gasteiger partial charge in [0.1, 0.15) is 30.1 Å². The van der Waals surface area contributed by atoms with Crippen LogP contribution in [0.5, 0.6) is 5.75 Å². The summed E-state index contributed by atoms with van der Waals surface area (Å²) in [5.74, 6) is 1.23. The molecule has 0 aliphatic carbocycles. The van der Waals surface area contributed by atoms with Crippen LogP contribution in [0.4, 0.5) is 4.39 Å². The van der Waals surface area contributed by atoms with E-state index in [1.54, 1.807) is 24.6 Å². The van der Waals surface area contributed by atoms with Gasteiger partial charge < -0.3 is 9.15 Å². The van der Waals surface area contributed by atoms with Crippen molar-refractivity contribution in [3.63, 3.8) is 0 Å². The Bertz CT molecular complexity index is 1050. The summed E-state index contributed by atoms with van der Waals surface area (Å²) in [6.07, 6.45) is 8.51. The zero-order valence-electron chi connectivity index (χ0n) is 16.6. The van der Waals surface area contributed by atoms with E-state index in [0.29, 0.717) is 18.9 Å². The van der Waals surface area contributed by atoms with Crippen LogP contribution in [0.1, 0.15) is 29.1 Å². The first kappa shape index (κ1) is 19.8. The lowest BCUT2D eigenvalue weighted by atomic mass is 10.1. The quantitative estimate of drug-likeness (QED) is 0.390. The average Bonchev–Trinajstić information content (AvgIpc) is 3.44. The molecule has 0 radical (unpaired) electrons. The van der Waals surface area contributed by atoms with Crippen molar-refractivity contribution >= 4 is 0 Å². The van der Waals surface area contributed by atoms with Crippen molar-refractivity contribution in [2.45, 2.75) is 38.8 Å². The molecule has 30 heavy (non-hydrogen) atoms. The maximum atomic E-state index is 13.0. The lowest BCUT2D eigenvalue weighted by Gasteiger charge is -2.07. The fraction of sp³-hybridized carbons (Fsp3) is 0.261. The number of aromatic nitrogens is 4. The Hall–Kier alpha value is -3.48. The van der Waals surface area contributed by atoms with E-state index >= 15 is 0 Å². The maximum absolute atomic E-state index is 13.0. The normalized spacial score (nSPS) is 11.0. The number of hydrogen-bond donors (Lipinski definition) is 0. The van der Waals surface area contributed by atoms with Crippen LogP contribution in [0, 0.1) is 5.82 Å². The van der Waals surface area contributed by atoms with Gasteiger partial charge in [-0.3, -0.25) is 4.68 Å². The van der Waals surface area contributed by atoms with Crippen LogP contribution in [0.2, 0.25) is 0 Å². The minimum atomic E-state index is -0.228. The second-order valence-corrected chi connectivity index (χ2v) is 7.06. The Morgan fingerprint density at radius 2 is 1.90 bits per heavy atom. The van der Waals surface area contributed by atoms with E-state index in [0.717, 1.165) is 42.8 Å². The zero-order chi connectivity index (χ0) is 20.6. The van der Waals surface area contributed by atoms with Gasteiger partial charge in [-0.15, -0.1) is 5.10 Å². The van der Waals surface area contributed by atoms with E-state index in [2.05, 4.69) is 27.4 Å². The molecule has 0 spiro atoms. The van der Waals surface area contributed by atoms with Gasteiger partial charge in [0, 0.05) is 19.2 Å². The molecule has 2 heterocycles. The third-order valence-corrected chi connectivity index (χ3v) is 4.75. The van der Waals surface area contributed by atoms with E-state index in [1.165, 1.54) is 17.7 Å². The zero-order valence-corrected chi connectivity index (χ0v) is 16.6.